The molecule has 2 aliphatic rings. The third-order valence-electron chi connectivity index (χ3n) is 6.51. The van der Waals surface area contributed by atoms with Gasteiger partial charge in [-0.3, -0.25) is 19.7 Å². The lowest BCUT2D eigenvalue weighted by atomic mass is 10.0. The summed E-state index contributed by atoms with van der Waals surface area (Å²) in [7, 11) is 0. The molecule has 1 fully saturated rings. The lowest BCUT2D eigenvalue weighted by molar-refractivity contribution is 0.0848. The van der Waals surface area contributed by atoms with Gasteiger partial charge in [0.15, 0.2) is 11.5 Å². The van der Waals surface area contributed by atoms with E-state index in [1.807, 2.05) is 6.07 Å². The smallest absolute Gasteiger partial charge is 0.407 e. The molecule has 0 radical (unpaired) electrons. The molecule has 35 heavy (non-hydrogen) atoms. The molecule has 1 N–H and O–H groups in total. The summed E-state index contributed by atoms with van der Waals surface area (Å²) in [6.07, 6.45) is 3.79. The summed E-state index contributed by atoms with van der Waals surface area (Å²) < 4.78 is 13.7. The van der Waals surface area contributed by atoms with E-state index in [1.165, 1.54) is 4.90 Å². The molecule has 1 saturated heterocycles. The molecule has 0 spiro atoms. The second-order valence-corrected chi connectivity index (χ2v) is 9.60. The Kier molecular flexibility index (Phi) is 6.87. The van der Waals surface area contributed by atoms with E-state index in [1.54, 1.807) is 35.2 Å². The van der Waals surface area contributed by atoms with Gasteiger partial charge in [-0.25, -0.2) is 4.79 Å². The first-order valence-electron chi connectivity index (χ1n) is 11.6. The summed E-state index contributed by atoms with van der Waals surface area (Å²) in [5, 5.41) is 9.88. The maximum absolute atomic E-state index is 12.5. The second kappa shape index (κ2) is 10.2. The lowest BCUT2D eigenvalue weighted by Crippen LogP contribution is -2.47. The zero-order chi connectivity index (χ0) is 24.4. The third kappa shape index (κ3) is 5.25. The Bertz CT molecular complexity index is 1290. The Morgan fingerprint density at radius 2 is 1.86 bits per heavy atom. The summed E-state index contributed by atoms with van der Waals surface area (Å²) in [5.41, 5.74) is 2.15. The van der Waals surface area contributed by atoms with Gasteiger partial charge in [-0.1, -0.05) is 0 Å². The summed E-state index contributed by atoms with van der Waals surface area (Å²) in [6.45, 7) is 3.91. The molecule has 10 nitrogen and oxygen atoms in total. The zero-order valence-electron chi connectivity index (χ0n) is 19.1. The molecule has 1 amide bonds. The van der Waals surface area contributed by atoms with Crippen LogP contribution in [0.2, 0.25) is 0 Å². The van der Waals surface area contributed by atoms with Crippen LogP contribution in [0.25, 0.3) is 11.0 Å². The molecule has 0 saturated carbocycles. The highest BCUT2D eigenvalue weighted by Crippen LogP contribution is 2.30. The highest BCUT2D eigenvalue weighted by molar-refractivity contribution is 9.10. The van der Waals surface area contributed by atoms with E-state index >= 15 is 0 Å². The fourth-order valence-electron chi connectivity index (χ4n) is 4.67. The number of amides is 1. The average molecular weight is 544 g/mol. The van der Waals surface area contributed by atoms with Crippen molar-refractivity contribution in [3.8, 4) is 11.5 Å². The predicted octanol–water partition coefficient (Wildman–Crippen LogP) is 2.97. The minimum absolute atomic E-state index is 0.0590. The predicted molar refractivity (Wildman–Crippen MR) is 132 cm³/mol. The van der Waals surface area contributed by atoms with Crippen molar-refractivity contribution < 1.29 is 19.4 Å². The van der Waals surface area contributed by atoms with Crippen LogP contribution in [-0.4, -0.2) is 74.4 Å². The third-order valence-corrected chi connectivity index (χ3v) is 6.94. The number of piperidine rings is 1. The number of rotatable bonds is 6. The van der Waals surface area contributed by atoms with Crippen molar-refractivity contribution in [3.05, 3.63) is 57.2 Å². The molecule has 5 heterocycles. The van der Waals surface area contributed by atoms with E-state index in [0.717, 1.165) is 28.6 Å². The van der Waals surface area contributed by atoms with Crippen molar-refractivity contribution in [2.45, 2.75) is 32.0 Å². The van der Waals surface area contributed by atoms with Gasteiger partial charge in [0.1, 0.15) is 13.2 Å². The highest BCUT2D eigenvalue weighted by Gasteiger charge is 2.28. The molecule has 11 heteroatoms. The van der Waals surface area contributed by atoms with Crippen molar-refractivity contribution in [3.63, 3.8) is 0 Å². The Hall–Kier alpha value is -3.18. The van der Waals surface area contributed by atoms with Crippen LogP contribution >= 0.6 is 15.9 Å². The second-order valence-electron chi connectivity index (χ2n) is 8.68. The zero-order valence-corrected chi connectivity index (χ0v) is 20.7. The number of likely N-dealkylation sites (tertiary alicyclic amines) is 1. The number of nitrogens with zero attached hydrogens (tertiary/aromatic N) is 5. The quantitative estimate of drug-likeness (QED) is 0.505. The summed E-state index contributed by atoms with van der Waals surface area (Å²) >= 11 is 3.43. The number of ether oxygens (including phenoxy) is 2. The van der Waals surface area contributed by atoms with Crippen molar-refractivity contribution in [1.29, 1.82) is 0 Å². The maximum atomic E-state index is 12.5. The number of carbonyl (C=O) groups is 1. The van der Waals surface area contributed by atoms with Crippen molar-refractivity contribution >= 4 is 33.1 Å². The average Bonchev–Trinajstić information content (AvgIpc) is 2.87. The molecule has 0 aliphatic carbocycles. The van der Waals surface area contributed by atoms with Crippen LogP contribution in [0.3, 0.4) is 0 Å². The monoisotopic (exact) mass is 543 g/mol. The standard InChI is InChI=1S/C24H26BrN5O5/c25-16-11-20-19(27-13-16)1-2-23(31)29(20)8-7-28-5-3-18(4-6-28)30(24(32)33)15-17-12-21-22(14-26-17)35-10-9-34-21/h1-2,11-14,18H,3-10,15H2,(H,32,33). The van der Waals surface area contributed by atoms with Gasteiger partial charge in [-0.2, -0.15) is 0 Å². The Balaban J connectivity index is 1.21. The van der Waals surface area contributed by atoms with E-state index < -0.39 is 6.09 Å². The van der Waals surface area contributed by atoms with Gasteiger partial charge in [0.2, 0.25) is 0 Å². The number of hydrogen-bond donors (Lipinski definition) is 1. The highest BCUT2D eigenvalue weighted by atomic mass is 79.9. The van der Waals surface area contributed by atoms with E-state index in [-0.39, 0.29) is 18.1 Å². The molecule has 5 rings (SSSR count). The molecule has 3 aromatic heterocycles. The van der Waals surface area contributed by atoms with Crippen molar-refractivity contribution in [2.75, 3.05) is 32.8 Å². The fourth-order valence-corrected chi connectivity index (χ4v) is 4.99. The van der Waals surface area contributed by atoms with Crippen molar-refractivity contribution in [1.82, 2.24) is 24.3 Å². The van der Waals surface area contributed by atoms with E-state index in [9.17, 15) is 14.7 Å². The van der Waals surface area contributed by atoms with Crippen molar-refractivity contribution in [2.24, 2.45) is 0 Å². The van der Waals surface area contributed by atoms with E-state index in [0.29, 0.717) is 56.3 Å². The van der Waals surface area contributed by atoms with Gasteiger partial charge in [-0.05, 0) is 40.9 Å². The van der Waals surface area contributed by atoms with E-state index in [2.05, 4.69) is 30.8 Å². The van der Waals surface area contributed by atoms with Gasteiger partial charge in [-0.15, -0.1) is 0 Å². The first-order valence-corrected chi connectivity index (χ1v) is 12.4. The van der Waals surface area contributed by atoms with Crippen LogP contribution in [0.15, 0.2) is 45.9 Å². The molecule has 0 aromatic carbocycles. The molecule has 184 valence electrons. The number of halogens is 1. The van der Waals surface area contributed by atoms with Crippen LogP contribution in [0.4, 0.5) is 4.79 Å². The maximum Gasteiger partial charge on any atom is 0.407 e. The first-order chi connectivity index (χ1) is 17.0. The number of fused-ring (bicyclic) bond motifs is 2. The number of pyridine rings is 3. The molecular weight excluding hydrogens is 518 g/mol. The molecule has 0 bridgehead atoms. The molecule has 0 atom stereocenters. The van der Waals surface area contributed by atoms with Crippen LogP contribution in [0.5, 0.6) is 11.5 Å². The summed E-state index contributed by atoms with van der Waals surface area (Å²) in [5.74, 6) is 1.19. The van der Waals surface area contributed by atoms with Gasteiger partial charge in [0, 0.05) is 55.0 Å². The largest absolute Gasteiger partial charge is 0.486 e. The summed E-state index contributed by atoms with van der Waals surface area (Å²) in [6, 6.07) is 6.86. The molecule has 3 aromatic rings. The van der Waals surface area contributed by atoms with Gasteiger partial charge >= 0.3 is 6.09 Å². The van der Waals surface area contributed by atoms with Gasteiger partial charge in [0.05, 0.1) is 29.5 Å². The Labute approximate surface area is 210 Å². The number of hydrogen-bond acceptors (Lipinski definition) is 7. The Morgan fingerprint density at radius 3 is 2.63 bits per heavy atom. The molecular formula is C24H26BrN5O5. The summed E-state index contributed by atoms with van der Waals surface area (Å²) in [4.78, 5) is 37.0. The van der Waals surface area contributed by atoms with Gasteiger partial charge < -0.3 is 24.0 Å². The Morgan fingerprint density at radius 1 is 1.09 bits per heavy atom. The van der Waals surface area contributed by atoms with Gasteiger partial charge in [0.25, 0.3) is 5.56 Å². The number of carboxylic acid groups (broad SMARTS) is 1. The number of aromatic nitrogens is 3. The van der Waals surface area contributed by atoms with Crippen LogP contribution in [-0.2, 0) is 13.1 Å². The molecule has 0 unspecified atom stereocenters. The normalized spacial score (nSPS) is 16.4. The fraction of sp³-hybridized carbons (Fsp3) is 0.417. The topological polar surface area (TPSA) is 110 Å². The minimum atomic E-state index is -0.958. The lowest BCUT2D eigenvalue weighted by Gasteiger charge is -2.37. The minimum Gasteiger partial charge on any atom is -0.486 e. The SMILES string of the molecule is O=C(O)N(Cc1cc2c(cn1)OCCO2)C1CCN(CCn2c(=O)ccc3ncc(Br)cc32)CC1. The first kappa shape index (κ1) is 23.6. The van der Waals surface area contributed by atoms with Crippen LogP contribution in [0.1, 0.15) is 18.5 Å². The van der Waals surface area contributed by atoms with Crippen LogP contribution in [0, 0.1) is 0 Å². The van der Waals surface area contributed by atoms with E-state index in [4.69, 9.17) is 9.47 Å². The van der Waals surface area contributed by atoms with Crippen LogP contribution < -0.4 is 15.0 Å². The molecule has 2 aliphatic heterocycles.